The van der Waals surface area contributed by atoms with Crippen molar-refractivity contribution in [2.24, 2.45) is 0 Å². The first kappa shape index (κ1) is 14.2. The molecule has 1 aliphatic heterocycles. The van der Waals surface area contributed by atoms with E-state index in [1.165, 1.54) is 11.1 Å². The van der Waals surface area contributed by atoms with Crippen LogP contribution in [0.4, 0.5) is 0 Å². The zero-order valence-electron chi connectivity index (χ0n) is 14.0. The molecule has 2 heterocycles. The van der Waals surface area contributed by atoms with E-state index in [1.807, 2.05) is 24.3 Å². The Balaban J connectivity index is 1.95. The van der Waals surface area contributed by atoms with E-state index in [1.54, 1.807) is 4.80 Å². The second-order valence-electron chi connectivity index (χ2n) is 7.34. The van der Waals surface area contributed by atoms with Crippen LogP contribution in [0, 0.1) is 0 Å². The summed E-state index contributed by atoms with van der Waals surface area (Å²) >= 11 is 0. The van der Waals surface area contributed by atoms with E-state index in [0.29, 0.717) is 0 Å². The SMILES string of the molecule is CC1Cc2cc(C(C)(C)C)cc(-n3nc4ccccc4n3)c2O1. The van der Waals surface area contributed by atoms with Crippen LogP contribution in [0.25, 0.3) is 16.7 Å². The second kappa shape index (κ2) is 4.82. The molecule has 0 bridgehead atoms. The molecule has 4 nitrogen and oxygen atoms in total. The fourth-order valence-corrected chi connectivity index (χ4v) is 3.06. The van der Waals surface area contributed by atoms with E-state index in [-0.39, 0.29) is 11.5 Å². The topological polar surface area (TPSA) is 39.9 Å². The fourth-order valence-electron chi connectivity index (χ4n) is 3.06. The standard InChI is InChI=1S/C19H21N3O/c1-12-9-13-10-14(19(2,3)4)11-17(18(13)23-12)22-20-15-7-5-6-8-16(15)21-22/h5-8,10-12H,9H2,1-4H3. The van der Waals surface area contributed by atoms with Crippen LogP contribution in [0.2, 0.25) is 0 Å². The Bertz CT molecular complexity index is 856. The van der Waals surface area contributed by atoms with Gasteiger partial charge in [-0.15, -0.1) is 15.0 Å². The van der Waals surface area contributed by atoms with Crippen molar-refractivity contribution in [1.29, 1.82) is 0 Å². The molecular formula is C19H21N3O. The molecule has 3 aromatic rings. The van der Waals surface area contributed by atoms with Crippen molar-refractivity contribution in [3.63, 3.8) is 0 Å². The highest BCUT2D eigenvalue weighted by molar-refractivity contribution is 5.74. The minimum Gasteiger partial charge on any atom is -0.488 e. The van der Waals surface area contributed by atoms with Crippen molar-refractivity contribution >= 4 is 11.0 Å². The van der Waals surface area contributed by atoms with Crippen molar-refractivity contribution < 1.29 is 4.74 Å². The Morgan fingerprint density at radius 2 is 1.74 bits per heavy atom. The summed E-state index contributed by atoms with van der Waals surface area (Å²) in [7, 11) is 0. The molecule has 0 amide bonds. The van der Waals surface area contributed by atoms with E-state index in [9.17, 15) is 0 Å². The van der Waals surface area contributed by atoms with E-state index in [0.717, 1.165) is 28.9 Å². The number of rotatable bonds is 1. The van der Waals surface area contributed by atoms with Gasteiger partial charge in [0.2, 0.25) is 0 Å². The number of nitrogens with zero attached hydrogens (tertiary/aromatic N) is 3. The van der Waals surface area contributed by atoms with E-state index < -0.39 is 0 Å². The van der Waals surface area contributed by atoms with Gasteiger partial charge >= 0.3 is 0 Å². The van der Waals surface area contributed by atoms with Crippen LogP contribution in [-0.4, -0.2) is 21.1 Å². The molecule has 0 saturated heterocycles. The van der Waals surface area contributed by atoms with Crippen molar-refractivity contribution in [2.45, 2.75) is 45.6 Å². The van der Waals surface area contributed by atoms with Gasteiger partial charge in [-0.05, 0) is 36.1 Å². The molecule has 0 aliphatic carbocycles. The Morgan fingerprint density at radius 3 is 2.35 bits per heavy atom. The fraction of sp³-hybridized carbons (Fsp3) is 0.368. The summed E-state index contributed by atoms with van der Waals surface area (Å²) in [5.74, 6) is 0.922. The van der Waals surface area contributed by atoms with Crippen LogP contribution in [-0.2, 0) is 11.8 Å². The minimum absolute atomic E-state index is 0.0716. The number of fused-ring (bicyclic) bond motifs is 2. The van der Waals surface area contributed by atoms with Crippen LogP contribution < -0.4 is 4.74 Å². The Labute approximate surface area is 136 Å². The molecule has 0 N–H and O–H groups in total. The summed E-state index contributed by atoms with van der Waals surface area (Å²) in [6, 6.07) is 12.4. The molecule has 0 saturated carbocycles. The molecule has 23 heavy (non-hydrogen) atoms. The van der Waals surface area contributed by atoms with Crippen molar-refractivity contribution in [3.05, 3.63) is 47.5 Å². The quantitative estimate of drug-likeness (QED) is 0.681. The molecule has 1 aliphatic rings. The zero-order chi connectivity index (χ0) is 16.2. The summed E-state index contributed by atoms with van der Waals surface area (Å²) in [4.78, 5) is 1.72. The molecule has 118 valence electrons. The van der Waals surface area contributed by atoms with Crippen molar-refractivity contribution in [1.82, 2.24) is 15.0 Å². The molecule has 1 atom stereocenters. The third kappa shape index (κ3) is 2.38. The molecular weight excluding hydrogens is 286 g/mol. The van der Waals surface area contributed by atoms with E-state index in [4.69, 9.17) is 4.74 Å². The molecule has 4 heteroatoms. The summed E-state index contributed by atoms with van der Waals surface area (Å²) < 4.78 is 6.06. The van der Waals surface area contributed by atoms with E-state index in [2.05, 4.69) is 50.0 Å². The zero-order valence-corrected chi connectivity index (χ0v) is 14.0. The number of hydrogen-bond acceptors (Lipinski definition) is 3. The maximum atomic E-state index is 6.06. The highest BCUT2D eigenvalue weighted by atomic mass is 16.5. The van der Waals surface area contributed by atoms with Gasteiger partial charge in [0.15, 0.2) is 5.75 Å². The molecule has 0 spiro atoms. The number of hydrogen-bond donors (Lipinski definition) is 0. The van der Waals surface area contributed by atoms with Crippen LogP contribution in [0.15, 0.2) is 36.4 Å². The van der Waals surface area contributed by atoms with Crippen LogP contribution in [0.5, 0.6) is 5.75 Å². The summed E-state index contributed by atoms with van der Waals surface area (Å²) in [5, 5.41) is 9.27. The lowest BCUT2D eigenvalue weighted by Gasteiger charge is -2.21. The van der Waals surface area contributed by atoms with Gasteiger partial charge in [0.1, 0.15) is 22.8 Å². The summed E-state index contributed by atoms with van der Waals surface area (Å²) in [6.45, 7) is 8.79. The summed E-state index contributed by atoms with van der Waals surface area (Å²) in [6.07, 6.45) is 1.14. The monoisotopic (exact) mass is 307 g/mol. The number of aromatic nitrogens is 3. The van der Waals surface area contributed by atoms with E-state index >= 15 is 0 Å². The van der Waals surface area contributed by atoms with Crippen molar-refractivity contribution in [2.75, 3.05) is 0 Å². The van der Waals surface area contributed by atoms with Gasteiger partial charge in [-0.2, -0.15) is 0 Å². The molecule has 1 unspecified atom stereocenters. The lowest BCUT2D eigenvalue weighted by atomic mass is 9.85. The number of benzene rings is 2. The predicted molar refractivity (Wildman–Crippen MR) is 91.4 cm³/mol. The number of ether oxygens (including phenoxy) is 1. The van der Waals surface area contributed by atoms with Gasteiger partial charge in [0.05, 0.1) is 0 Å². The highest BCUT2D eigenvalue weighted by Crippen LogP contribution is 2.38. The maximum Gasteiger partial charge on any atom is 0.150 e. The first-order valence-corrected chi connectivity index (χ1v) is 8.08. The third-order valence-electron chi connectivity index (χ3n) is 4.34. The Morgan fingerprint density at radius 1 is 1.09 bits per heavy atom. The van der Waals surface area contributed by atoms with Gasteiger partial charge in [-0.1, -0.05) is 39.0 Å². The minimum atomic E-state index is 0.0716. The van der Waals surface area contributed by atoms with Crippen LogP contribution in [0.3, 0.4) is 0 Å². The molecule has 2 aromatic carbocycles. The smallest absolute Gasteiger partial charge is 0.150 e. The Kier molecular flexibility index (Phi) is 2.98. The van der Waals surface area contributed by atoms with Gasteiger partial charge in [-0.3, -0.25) is 0 Å². The second-order valence-corrected chi connectivity index (χ2v) is 7.34. The molecule has 0 fully saturated rings. The van der Waals surface area contributed by atoms with Gasteiger partial charge in [-0.25, -0.2) is 0 Å². The lowest BCUT2D eigenvalue weighted by molar-refractivity contribution is 0.253. The van der Waals surface area contributed by atoms with Gasteiger partial charge in [0.25, 0.3) is 0 Å². The maximum absolute atomic E-state index is 6.06. The first-order chi connectivity index (χ1) is 10.9. The normalized spacial score (nSPS) is 17.3. The Hall–Kier alpha value is -2.36. The van der Waals surface area contributed by atoms with Crippen LogP contribution >= 0.6 is 0 Å². The van der Waals surface area contributed by atoms with Crippen molar-refractivity contribution in [3.8, 4) is 11.4 Å². The first-order valence-electron chi connectivity index (χ1n) is 8.08. The molecule has 0 radical (unpaired) electrons. The highest BCUT2D eigenvalue weighted by Gasteiger charge is 2.27. The third-order valence-corrected chi connectivity index (χ3v) is 4.34. The molecule has 4 rings (SSSR count). The largest absolute Gasteiger partial charge is 0.488 e. The summed E-state index contributed by atoms with van der Waals surface area (Å²) in [5.41, 5.74) is 5.34. The van der Waals surface area contributed by atoms with Gasteiger partial charge in [0, 0.05) is 12.0 Å². The van der Waals surface area contributed by atoms with Crippen LogP contribution in [0.1, 0.15) is 38.8 Å². The average molecular weight is 307 g/mol. The lowest BCUT2D eigenvalue weighted by Crippen LogP contribution is -2.13. The average Bonchev–Trinajstić information content (AvgIpc) is 3.06. The van der Waals surface area contributed by atoms with Gasteiger partial charge < -0.3 is 4.74 Å². The molecule has 1 aromatic heterocycles. The predicted octanol–water partition coefficient (Wildman–Crippen LogP) is 4.04.